The van der Waals surface area contributed by atoms with Crippen LogP contribution in [0.2, 0.25) is 0 Å². The first-order valence-electron chi connectivity index (χ1n) is 9.44. The zero-order chi connectivity index (χ0) is 20.2. The van der Waals surface area contributed by atoms with Crippen molar-refractivity contribution in [2.24, 2.45) is 0 Å². The van der Waals surface area contributed by atoms with Gasteiger partial charge in [-0.15, -0.1) is 0 Å². The Morgan fingerprint density at radius 3 is 2.44 bits per heavy atom. The first-order valence-corrected chi connectivity index (χ1v) is 9.44. The van der Waals surface area contributed by atoms with E-state index in [4.69, 9.17) is 10.5 Å². The van der Waals surface area contributed by atoms with Crippen molar-refractivity contribution in [1.29, 1.82) is 0 Å². The Bertz CT molecular complexity index is 792. The first kappa shape index (κ1) is 20.7. The topological polar surface area (TPSA) is 77.2 Å². The van der Waals surface area contributed by atoms with Crippen molar-refractivity contribution in [3.8, 4) is 11.1 Å². The lowest BCUT2D eigenvalue weighted by molar-refractivity contribution is 0.0525. The Morgan fingerprint density at radius 2 is 1.89 bits per heavy atom. The average molecular weight is 370 g/mol. The highest BCUT2D eigenvalue weighted by molar-refractivity contribution is 5.71. The van der Waals surface area contributed by atoms with Crippen molar-refractivity contribution < 1.29 is 9.53 Å². The summed E-state index contributed by atoms with van der Waals surface area (Å²) in [6.45, 7) is 12.2. The first-order chi connectivity index (χ1) is 12.6. The molecule has 146 valence electrons. The van der Waals surface area contributed by atoms with E-state index in [1.807, 2.05) is 33.8 Å². The highest BCUT2D eigenvalue weighted by atomic mass is 16.6. The molecule has 0 radical (unpaired) electrons. The third-order valence-corrected chi connectivity index (χ3v) is 4.41. The van der Waals surface area contributed by atoms with Crippen molar-refractivity contribution in [1.82, 2.24) is 10.3 Å². The lowest BCUT2D eigenvalue weighted by Crippen LogP contribution is -2.34. The Labute approximate surface area is 162 Å². The van der Waals surface area contributed by atoms with Gasteiger partial charge in [-0.2, -0.15) is 0 Å². The molecule has 27 heavy (non-hydrogen) atoms. The van der Waals surface area contributed by atoms with Crippen LogP contribution >= 0.6 is 0 Å². The van der Waals surface area contributed by atoms with E-state index < -0.39 is 5.60 Å². The van der Waals surface area contributed by atoms with Crippen molar-refractivity contribution in [3.05, 3.63) is 47.3 Å². The summed E-state index contributed by atoms with van der Waals surface area (Å²) < 4.78 is 5.28. The molecule has 1 heterocycles. The smallest absolute Gasteiger partial charge is 0.407 e. The number of hydrogen-bond donors (Lipinski definition) is 2. The van der Waals surface area contributed by atoms with Crippen LogP contribution in [-0.4, -0.2) is 23.2 Å². The summed E-state index contributed by atoms with van der Waals surface area (Å²) >= 11 is 0. The van der Waals surface area contributed by atoms with E-state index in [1.165, 1.54) is 0 Å². The number of amides is 1. The number of benzene rings is 1. The molecule has 2 aromatic rings. The molecule has 2 rings (SSSR count). The Hall–Kier alpha value is -2.56. The third kappa shape index (κ3) is 5.71. The number of alkyl carbamates (subject to hydrolysis) is 1. The molecule has 0 aliphatic carbocycles. The summed E-state index contributed by atoms with van der Waals surface area (Å²) in [5.74, 6) is 0.179. The van der Waals surface area contributed by atoms with Gasteiger partial charge in [-0.05, 0) is 57.2 Å². The van der Waals surface area contributed by atoms with Crippen LogP contribution in [0.15, 0.2) is 30.3 Å². The van der Waals surface area contributed by atoms with E-state index in [0.29, 0.717) is 12.2 Å². The fraction of sp³-hybridized carbons (Fsp3) is 0.455. The van der Waals surface area contributed by atoms with Crippen molar-refractivity contribution in [3.63, 3.8) is 0 Å². The fourth-order valence-corrected chi connectivity index (χ4v) is 2.85. The number of aromatic nitrogens is 1. The van der Waals surface area contributed by atoms with Gasteiger partial charge in [-0.1, -0.05) is 38.1 Å². The van der Waals surface area contributed by atoms with Crippen molar-refractivity contribution in [2.45, 2.75) is 59.5 Å². The number of rotatable bonds is 5. The number of carbonyl (C=O) groups excluding carboxylic acids is 1. The zero-order valence-corrected chi connectivity index (χ0v) is 17.2. The van der Waals surface area contributed by atoms with Crippen LogP contribution in [0.5, 0.6) is 0 Å². The van der Waals surface area contributed by atoms with Crippen LogP contribution in [0, 0.1) is 6.92 Å². The van der Waals surface area contributed by atoms with Gasteiger partial charge in [0, 0.05) is 17.8 Å². The van der Waals surface area contributed by atoms with Crippen LogP contribution in [0.4, 0.5) is 10.5 Å². The lowest BCUT2D eigenvalue weighted by atomic mass is 9.96. The van der Waals surface area contributed by atoms with E-state index in [9.17, 15) is 4.79 Å². The third-order valence-electron chi connectivity index (χ3n) is 4.41. The number of carbonyl (C=O) groups is 1. The highest BCUT2D eigenvalue weighted by Crippen LogP contribution is 2.28. The predicted octanol–water partition coefficient (Wildman–Crippen LogP) is 4.83. The van der Waals surface area contributed by atoms with Gasteiger partial charge in [0.2, 0.25) is 0 Å². The maximum atomic E-state index is 11.8. The Balaban J connectivity index is 2.09. The van der Waals surface area contributed by atoms with Gasteiger partial charge < -0.3 is 15.8 Å². The number of aryl methyl sites for hydroxylation is 2. The summed E-state index contributed by atoms with van der Waals surface area (Å²) in [6, 6.07) is 10.4. The van der Waals surface area contributed by atoms with Crippen LogP contribution < -0.4 is 11.1 Å². The molecule has 1 aromatic heterocycles. The lowest BCUT2D eigenvalue weighted by Gasteiger charge is -2.21. The predicted molar refractivity (Wildman–Crippen MR) is 111 cm³/mol. The van der Waals surface area contributed by atoms with Gasteiger partial charge in [0.25, 0.3) is 0 Å². The Kier molecular flexibility index (Phi) is 6.47. The number of nitrogens with zero attached hydrogens (tertiary/aromatic N) is 1. The number of nitrogens with one attached hydrogen (secondary N) is 1. The number of nitrogens with two attached hydrogens (primary N) is 1. The summed E-state index contributed by atoms with van der Waals surface area (Å²) in [5, 5.41) is 2.83. The standard InChI is InChI=1S/C22H31N3O2/c1-7-20-18(12-19(23)15(3)25-20)17-10-8-16(9-11-17)14(2)13-24-21(26)27-22(4,5)6/h8-12,14H,7,13,23H2,1-6H3,(H,24,26). The number of ether oxygens (including phenoxy) is 1. The summed E-state index contributed by atoms with van der Waals surface area (Å²) in [6.07, 6.45) is 0.466. The van der Waals surface area contributed by atoms with E-state index in [-0.39, 0.29) is 12.0 Å². The van der Waals surface area contributed by atoms with Gasteiger partial charge in [-0.25, -0.2) is 4.79 Å². The quantitative estimate of drug-likeness (QED) is 0.791. The molecule has 0 saturated carbocycles. The molecule has 0 fully saturated rings. The second-order valence-electron chi connectivity index (χ2n) is 7.92. The summed E-state index contributed by atoms with van der Waals surface area (Å²) in [7, 11) is 0. The van der Waals surface area contributed by atoms with Crippen molar-refractivity contribution in [2.75, 3.05) is 12.3 Å². The van der Waals surface area contributed by atoms with Gasteiger partial charge in [-0.3, -0.25) is 4.98 Å². The average Bonchev–Trinajstić information content (AvgIpc) is 2.60. The molecule has 1 unspecified atom stereocenters. The van der Waals surface area contributed by atoms with Crippen molar-refractivity contribution >= 4 is 11.8 Å². The van der Waals surface area contributed by atoms with E-state index in [1.54, 1.807) is 0 Å². The van der Waals surface area contributed by atoms with Gasteiger partial charge in [0.15, 0.2) is 0 Å². The highest BCUT2D eigenvalue weighted by Gasteiger charge is 2.17. The minimum Gasteiger partial charge on any atom is -0.444 e. The molecule has 1 atom stereocenters. The van der Waals surface area contributed by atoms with Gasteiger partial charge >= 0.3 is 6.09 Å². The number of hydrogen-bond acceptors (Lipinski definition) is 4. The van der Waals surface area contributed by atoms with E-state index >= 15 is 0 Å². The molecule has 0 aliphatic rings. The van der Waals surface area contributed by atoms with E-state index in [0.717, 1.165) is 34.5 Å². The maximum absolute atomic E-state index is 11.8. The molecular weight excluding hydrogens is 338 g/mol. The maximum Gasteiger partial charge on any atom is 0.407 e. The molecule has 1 amide bonds. The molecular formula is C22H31N3O2. The largest absolute Gasteiger partial charge is 0.444 e. The summed E-state index contributed by atoms with van der Waals surface area (Å²) in [4.78, 5) is 16.4. The second kappa shape index (κ2) is 8.42. The Morgan fingerprint density at radius 1 is 1.26 bits per heavy atom. The fourth-order valence-electron chi connectivity index (χ4n) is 2.85. The van der Waals surface area contributed by atoms with Crippen LogP contribution in [0.1, 0.15) is 57.5 Å². The molecule has 0 aliphatic heterocycles. The van der Waals surface area contributed by atoms with Crippen LogP contribution in [0.25, 0.3) is 11.1 Å². The number of nitrogen functional groups attached to an aromatic ring is 1. The monoisotopic (exact) mass is 369 g/mol. The SMILES string of the molecule is CCc1nc(C)c(N)cc1-c1ccc(C(C)CNC(=O)OC(C)(C)C)cc1. The molecule has 3 N–H and O–H groups in total. The zero-order valence-electron chi connectivity index (χ0n) is 17.2. The number of anilines is 1. The molecule has 0 saturated heterocycles. The molecule has 1 aromatic carbocycles. The van der Waals surface area contributed by atoms with E-state index in [2.05, 4.69) is 48.4 Å². The van der Waals surface area contributed by atoms with Crippen LogP contribution in [-0.2, 0) is 11.2 Å². The number of pyridine rings is 1. The molecule has 5 nitrogen and oxygen atoms in total. The van der Waals surface area contributed by atoms with Gasteiger partial charge in [0.05, 0.1) is 11.4 Å². The summed E-state index contributed by atoms with van der Waals surface area (Å²) in [5.41, 5.74) is 11.5. The molecule has 5 heteroatoms. The van der Waals surface area contributed by atoms with Gasteiger partial charge in [0.1, 0.15) is 5.60 Å². The minimum absolute atomic E-state index is 0.179. The van der Waals surface area contributed by atoms with Crippen LogP contribution in [0.3, 0.4) is 0 Å². The molecule has 0 spiro atoms. The second-order valence-corrected chi connectivity index (χ2v) is 7.92. The normalized spacial score (nSPS) is 12.5. The minimum atomic E-state index is -0.490. The molecule has 0 bridgehead atoms.